The molecule has 3 saturated carbocycles. The second-order valence-corrected chi connectivity index (χ2v) is 10.2. The first-order valence-corrected chi connectivity index (χ1v) is 10.6. The van der Waals surface area contributed by atoms with Gasteiger partial charge >= 0.3 is 0 Å². The summed E-state index contributed by atoms with van der Waals surface area (Å²) in [6.45, 7) is 5.95. The molecule has 4 nitrogen and oxygen atoms in total. The highest BCUT2D eigenvalue weighted by Gasteiger charge is 2.71. The first-order chi connectivity index (χ1) is 13.1. The predicted molar refractivity (Wildman–Crippen MR) is 102 cm³/mol. The minimum atomic E-state index is -1.77. The van der Waals surface area contributed by atoms with Crippen molar-refractivity contribution >= 4 is 11.6 Å². The van der Waals surface area contributed by atoms with Crippen LogP contribution in [-0.2, 0) is 9.59 Å². The Bertz CT molecular complexity index is 800. The fraction of sp³-hybridized carbons (Fsp3) is 0.783. The van der Waals surface area contributed by atoms with Crippen LogP contribution in [0.3, 0.4) is 0 Å². The zero-order valence-corrected chi connectivity index (χ0v) is 17.0. The number of hydrogen-bond donors (Lipinski definition) is 1. The molecule has 0 aromatic heterocycles. The van der Waals surface area contributed by atoms with Gasteiger partial charge in [0.15, 0.2) is 11.6 Å². The Morgan fingerprint density at radius 2 is 2.07 bits per heavy atom. The molecule has 5 heteroatoms. The van der Waals surface area contributed by atoms with Gasteiger partial charge in [-0.2, -0.15) is 5.26 Å². The topological polar surface area (TPSA) is 78.2 Å². The fourth-order valence-electron chi connectivity index (χ4n) is 7.81. The average molecular weight is 387 g/mol. The number of allylic oxidation sites excluding steroid dienone is 1. The van der Waals surface area contributed by atoms with E-state index in [-0.39, 0.29) is 48.1 Å². The van der Waals surface area contributed by atoms with Crippen LogP contribution in [0.5, 0.6) is 0 Å². The van der Waals surface area contributed by atoms with E-state index >= 15 is 4.39 Å². The van der Waals surface area contributed by atoms with E-state index in [0.29, 0.717) is 25.7 Å². The summed E-state index contributed by atoms with van der Waals surface area (Å²) in [5, 5.41) is 20.2. The van der Waals surface area contributed by atoms with Crippen LogP contribution in [0.2, 0.25) is 0 Å². The Labute approximate surface area is 166 Å². The van der Waals surface area contributed by atoms with Crippen LogP contribution in [-0.4, -0.2) is 28.4 Å². The van der Waals surface area contributed by atoms with Gasteiger partial charge in [0.1, 0.15) is 5.67 Å². The Hall–Kier alpha value is -1.54. The molecular formula is C23H30FNO3. The molecule has 4 aliphatic rings. The lowest BCUT2D eigenvalue weighted by molar-refractivity contribution is -0.208. The van der Waals surface area contributed by atoms with Crippen LogP contribution in [0.25, 0.3) is 0 Å². The molecule has 8 atom stereocenters. The van der Waals surface area contributed by atoms with Crippen molar-refractivity contribution < 1.29 is 19.1 Å². The summed E-state index contributed by atoms with van der Waals surface area (Å²) >= 11 is 0. The van der Waals surface area contributed by atoms with Gasteiger partial charge in [0.05, 0.1) is 18.6 Å². The summed E-state index contributed by atoms with van der Waals surface area (Å²) in [6, 6.07) is 1.97. The van der Waals surface area contributed by atoms with Crippen molar-refractivity contribution in [3.63, 3.8) is 0 Å². The highest BCUT2D eigenvalue weighted by Crippen LogP contribution is 2.70. The van der Waals surface area contributed by atoms with Crippen molar-refractivity contribution in [2.45, 2.75) is 77.5 Å². The molecule has 0 spiro atoms. The van der Waals surface area contributed by atoms with Gasteiger partial charge in [-0.3, -0.25) is 9.59 Å². The van der Waals surface area contributed by atoms with Gasteiger partial charge < -0.3 is 5.11 Å². The number of carbonyl (C=O) groups excluding carboxylic acids is 2. The molecule has 1 N–H and O–H groups in total. The van der Waals surface area contributed by atoms with Gasteiger partial charge in [-0.15, -0.1) is 0 Å². The van der Waals surface area contributed by atoms with Gasteiger partial charge in [-0.1, -0.05) is 26.3 Å². The van der Waals surface area contributed by atoms with Gasteiger partial charge in [-0.05, 0) is 55.4 Å². The summed E-state index contributed by atoms with van der Waals surface area (Å²) in [5.41, 5.74) is -2.21. The molecule has 28 heavy (non-hydrogen) atoms. The van der Waals surface area contributed by atoms with Crippen molar-refractivity contribution in [2.24, 2.45) is 34.5 Å². The zero-order chi connectivity index (χ0) is 20.5. The monoisotopic (exact) mass is 387 g/mol. The van der Waals surface area contributed by atoms with Crippen LogP contribution < -0.4 is 0 Å². The van der Waals surface area contributed by atoms with Gasteiger partial charge in [0.25, 0.3) is 0 Å². The highest BCUT2D eigenvalue weighted by molar-refractivity contribution is 5.91. The number of halogens is 1. The molecule has 0 amide bonds. The largest absolute Gasteiger partial charge is 0.390 e. The second-order valence-electron chi connectivity index (χ2n) is 10.2. The predicted octanol–water partition coefficient (Wildman–Crippen LogP) is 3.93. The molecule has 0 radical (unpaired) electrons. The Balaban J connectivity index is 1.77. The minimum Gasteiger partial charge on any atom is -0.390 e. The van der Waals surface area contributed by atoms with Crippen molar-refractivity contribution in [1.29, 1.82) is 5.26 Å². The van der Waals surface area contributed by atoms with E-state index in [1.165, 1.54) is 0 Å². The average Bonchev–Trinajstić information content (AvgIpc) is 2.87. The molecule has 4 aliphatic carbocycles. The second kappa shape index (κ2) is 6.23. The Morgan fingerprint density at radius 3 is 2.75 bits per heavy atom. The molecular weight excluding hydrogens is 357 g/mol. The number of ketones is 2. The van der Waals surface area contributed by atoms with Crippen molar-refractivity contribution in [3.8, 4) is 6.07 Å². The van der Waals surface area contributed by atoms with E-state index in [1.54, 1.807) is 6.08 Å². The Morgan fingerprint density at radius 1 is 1.36 bits per heavy atom. The van der Waals surface area contributed by atoms with Gasteiger partial charge in [0.2, 0.25) is 0 Å². The lowest BCUT2D eigenvalue weighted by Gasteiger charge is -2.62. The normalized spacial score (nSPS) is 50.1. The number of aliphatic hydroxyl groups excluding tert-OH is 1. The number of carbonyl (C=O) groups is 2. The zero-order valence-electron chi connectivity index (χ0n) is 17.0. The third-order valence-electron chi connectivity index (χ3n) is 8.98. The lowest BCUT2D eigenvalue weighted by Crippen LogP contribution is -2.67. The first-order valence-electron chi connectivity index (χ1n) is 10.6. The molecule has 0 saturated heterocycles. The smallest absolute Gasteiger partial charge is 0.155 e. The van der Waals surface area contributed by atoms with Crippen LogP contribution >= 0.6 is 0 Å². The standard InChI is InChI=1S/C23H30FNO3/c1-13-10-17-16-5-4-14-11-15(26)6-8-22(14,3)23(16,24)19(28)12-21(17,2)20(13)18(27)7-9-25/h11,13,16-17,19-20,28H,4-8,10,12H2,1-3H3/t13-,16+,17+,19+,20-,21+,22+,23+/m1/s1. The van der Waals surface area contributed by atoms with E-state index < -0.39 is 22.6 Å². The molecule has 0 aromatic rings. The van der Waals surface area contributed by atoms with Crippen molar-refractivity contribution in [3.05, 3.63) is 11.6 Å². The summed E-state index contributed by atoms with van der Waals surface area (Å²) < 4.78 is 16.9. The van der Waals surface area contributed by atoms with Crippen LogP contribution in [0, 0.1) is 45.8 Å². The lowest BCUT2D eigenvalue weighted by atomic mass is 9.44. The molecule has 0 aliphatic heterocycles. The minimum absolute atomic E-state index is 0.0135. The summed E-state index contributed by atoms with van der Waals surface area (Å²) in [7, 11) is 0. The Kier molecular flexibility index (Phi) is 4.39. The molecule has 152 valence electrons. The van der Waals surface area contributed by atoms with Gasteiger partial charge in [-0.25, -0.2) is 4.39 Å². The SMILES string of the molecule is C[C@@H]1C[C@H]2[C@@H]3CCC4=CC(=O)CC[C@]4(C)[C@@]3(F)[C@@H](O)C[C@]2(C)[C@H]1C(=O)CC#N. The third kappa shape index (κ3) is 2.30. The number of hydrogen-bond acceptors (Lipinski definition) is 4. The van der Waals surface area contributed by atoms with E-state index in [1.807, 2.05) is 26.8 Å². The molecule has 4 rings (SSSR count). The number of rotatable bonds is 2. The first kappa shape index (κ1) is 19.8. The number of fused-ring (bicyclic) bond motifs is 5. The summed E-state index contributed by atoms with van der Waals surface area (Å²) in [6.07, 6.45) is 3.40. The fourth-order valence-corrected chi connectivity index (χ4v) is 7.81. The van der Waals surface area contributed by atoms with Crippen LogP contribution in [0.1, 0.15) is 65.7 Å². The maximum atomic E-state index is 16.9. The van der Waals surface area contributed by atoms with Crippen molar-refractivity contribution in [2.75, 3.05) is 0 Å². The van der Waals surface area contributed by atoms with Gasteiger partial charge in [0, 0.05) is 23.7 Å². The maximum absolute atomic E-state index is 16.9. The molecule has 0 heterocycles. The van der Waals surface area contributed by atoms with Crippen LogP contribution in [0.4, 0.5) is 4.39 Å². The quantitative estimate of drug-likeness (QED) is 0.779. The van der Waals surface area contributed by atoms with E-state index in [9.17, 15) is 14.7 Å². The maximum Gasteiger partial charge on any atom is 0.155 e. The van der Waals surface area contributed by atoms with E-state index in [0.717, 1.165) is 12.0 Å². The molecule has 0 unspecified atom stereocenters. The number of nitriles is 1. The van der Waals surface area contributed by atoms with Crippen molar-refractivity contribution in [1.82, 2.24) is 0 Å². The third-order valence-corrected chi connectivity index (χ3v) is 8.98. The summed E-state index contributed by atoms with van der Waals surface area (Å²) in [4.78, 5) is 24.7. The van der Waals surface area contributed by atoms with E-state index in [2.05, 4.69) is 0 Å². The number of nitrogens with zero attached hydrogens (tertiary/aromatic N) is 1. The van der Waals surface area contributed by atoms with Crippen LogP contribution in [0.15, 0.2) is 11.6 Å². The molecule has 3 fully saturated rings. The number of Topliss-reactive ketones (excluding diaryl/α,β-unsaturated/α-hetero) is 1. The molecule has 0 aromatic carbocycles. The highest BCUT2D eigenvalue weighted by atomic mass is 19.1. The molecule has 0 bridgehead atoms. The summed E-state index contributed by atoms with van der Waals surface area (Å²) in [5.74, 6) is -0.527. The number of aliphatic hydroxyl groups is 1. The van der Waals surface area contributed by atoms with E-state index in [4.69, 9.17) is 5.26 Å². The number of alkyl halides is 1.